The second-order valence-corrected chi connectivity index (χ2v) is 3.76. The Hall–Kier alpha value is -1.89. The largest absolute Gasteiger partial charge is 0.396 e. The highest BCUT2D eigenvalue weighted by Gasteiger charge is 2.15. The van der Waals surface area contributed by atoms with Crippen molar-refractivity contribution in [1.82, 2.24) is 14.8 Å². The minimum Gasteiger partial charge on any atom is -0.396 e. The summed E-state index contributed by atoms with van der Waals surface area (Å²) < 4.78 is 1.43. The van der Waals surface area contributed by atoms with Crippen molar-refractivity contribution in [2.75, 3.05) is 11.1 Å². The predicted octanol–water partition coefficient (Wildman–Crippen LogP) is 0.711. The third-order valence-electron chi connectivity index (χ3n) is 1.83. The Morgan fingerprint density at radius 1 is 1.67 bits per heavy atom. The molecule has 7 heteroatoms. The van der Waals surface area contributed by atoms with Gasteiger partial charge >= 0.3 is 0 Å². The van der Waals surface area contributed by atoms with E-state index in [1.54, 1.807) is 18.6 Å². The van der Waals surface area contributed by atoms with Crippen LogP contribution in [0.15, 0.2) is 17.8 Å². The molecule has 2 rings (SSSR count). The second kappa shape index (κ2) is 3.70. The van der Waals surface area contributed by atoms with Gasteiger partial charge in [0.15, 0.2) is 5.13 Å². The van der Waals surface area contributed by atoms with Gasteiger partial charge in [0.25, 0.3) is 5.91 Å². The number of nitrogens with one attached hydrogen (secondary N) is 1. The summed E-state index contributed by atoms with van der Waals surface area (Å²) in [4.78, 5) is 15.7. The molecule has 2 aromatic rings. The number of carbonyl (C=O) groups is 1. The van der Waals surface area contributed by atoms with E-state index in [2.05, 4.69) is 15.4 Å². The number of hydrogen-bond acceptors (Lipinski definition) is 5. The zero-order valence-electron chi connectivity index (χ0n) is 7.97. The molecule has 0 aromatic carbocycles. The molecule has 1 amide bonds. The first-order valence-corrected chi connectivity index (χ1v) is 5.05. The van der Waals surface area contributed by atoms with Crippen molar-refractivity contribution in [2.45, 2.75) is 0 Å². The number of aromatic nitrogens is 3. The smallest absolute Gasteiger partial charge is 0.277 e. The van der Waals surface area contributed by atoms with E-state index in [1.807, 2.05) is 0 Å². The minimum absolute atomic E-state index is 0.303. The van der Waals surface area contributed by atoms with Gasteiger partial charge in [-0.1, -0.05) is 0 Å². The second-order valence-electron chi connectivity index (χ2n) is 2.86. The van der Waals surface area contributed by atoms with Crippen LogP contribution in [0.2, 0.25) is 0 Å². The fraction of sp³-hybridized carbons (Fsp3) is 0.125. The lowest BCUT2D eigenvalue weighted by molar-refractivity contribution is 0.101. The molecule has 0 aliphatic heterocycles. The zero-order chi connectivity index (χ0) is 10.8. The summed E-state index contributed by atoms with van der Waals surface area (Å²) in [5.74, 6) is -0.303. The van der Waals surface area contributed by atoms with Gasteiger partial charge in [0.05, 0.1) is 11.9 Å². The van der Waals surface area contributed by atoms with E-state index in [4.69, 9.17) is 5.73 Å². The number of nitrogen functional groups attached to an aromatic ring is 1. The van der Waals surface area contributed by atoms with Crippen LogP contribution in [0, 0.1) is 0 Å². The fourth-order valence-corrected chi connectivity index (χ4v) is 1.70. The van der Waals surface area contributed by atoms with Crippen molar-refractivity contribution < 1.29 is 4.79 Å². The highest BCUT2D eigenvalue weighted by atomic mass is 32.1. The standard InChI is InChI=1S/C8H9N5OS/c1-13-6(5(9)4-11-13)7(14)12-8-10-2-3-15-8/h2-4H,9H2,1H3,(H,10,12,14). The van der Waals surface area contributed by atoms with Gasteiger partial charge in [0, 0.05) is 18.6 Å². The Bertz CT molecular complexity index is 456. The molecule has 0 unspecified atom stereocenters. The van der Waals surface area contributed by atoms with E-state index in [9.17, 15) is 4.79 Å². The Labute approximate surface area is 89.7 Å². The van der Waals surface area contributed by atoms with Crippen molar-refractivity contribution in [3.05, 3.63) is 23.5 Å². The van der Waals surface area contributed by atoms with Crippen molar-refractivity contribution in [1.29, 1.82) is 0 Å². The zero-order valence-corrected chi connectivity index (χ0v) is 8.78. The summed E-state index contributed by atoms with van der Waals surface area (Å²) in [7, 11) is 1.66. The van der Waals surface area contributed by atoms with E-state index in [0.717, 1.165) is 0 Å². The molecular weight excluding hydrogens is 214 g/mol. The highest BCUT2D eigenvalue weighted by Crippen LogP contribution is 2.15. The number of nitrogens with zero attached hydrogens (tertiary/aromatic N) is 3. The van der Waals surface area contributed by atoms with Crippen LogP contribution in [0.25, 0.3) is 0 Å². The van der Waals surface area contributed by atoms with Crippen LogP contribution in [0.4, 0.5) is 10.8 Å². The maximum atomic E-state index is 11.7. The maximum Gasteiger partial charge on any atom is 0.277 e. The van der Waals surface area contributed by atoms with Gasteiger partial charge in [-0.25, -0.2) is 4.98 Å². The molecule has 15 heavy (non-hydrogen) atoms. The molecule has 0 atom stereocenters. The van der Waals surface area contributed by atoms with E-state index in [0.29, 0.717) is 16.5 Å². The van der Waals surface area contributed by atoms with Gasteiger partial charge < -0.3 is 5.73 Å². The summed E-state index contributed by atoms with van der Waals surface area (Å²) in [6.45, 7) is 0. The van der Waals surface area contributed by atoms with Crippen molar-refractivity contribution in [3.8, 4) is 0 Å². The molecule has 6 nitrogen and oxygen atoms in total. The molecule has 0 aliphatic rings. The van der Waals surface area contributed by atoms with Crippen LogP contribution in [0.1, 0.15) is 10.5 Å². The number of aryl methyl sites for hydroxylation is 1. The number of rotatable bonds is 2. The average molecular weight is 223 g/mol. The molecule has 3 N–H and O–H groups in total. The van der Waals surface area contributed by atoms with Gasteiger partial charge in [-0.2, -0.15) is 5.10 Å². The van der Waals surface area contributed by atoms with E-state index in [1.165, 1.54) is 22.2 Å². The molecule has 0 fully saturated rings. The molecule has 0 saturated heterocycles. The van der Waals surface area contributed by atoms with Gasteiger partial charge in [0.1, 0.15) is 5.69 Å². The summed E-state index contributed by atoms with van der Waals surface area (Å²) in [5.41, 5.74) is 6.30. The monoisotopic (exact) mass is 223 g/mol. The van der Waals surface area contributed by atoms with Gasteiger partial charge in [-0.05, 0) is 0 Å². The topological polar surface area (TPSA) is 85.8 Å². The lowest BCUT2D eigenvalue weighted by Gasteiger charge is -2.02. The molecule has 0 radical (unpaired) electrons. The van der Waals surface area contributed by atoms with Crippen molar-refractivity contribution in [2.24, 2.45) is 7.05 Å². The van der Waals surface area contributed by atoms with Gasteiger partial charge in [0.2, 0.25) is 0 Å². The Morgan fingerprint density at radius 2 is 2.47 bits per heavy atom. The molecular formula is C8H9N5OS. The van der Waals surface area contributed by atoms with Crippen LogP contribution in [-0.4, -0.2) is 20.7 Å². The van der Waals surface area contributed by atoms with Crippen LogP contribution >= 0.6 is 11.3 Å². The third-order valence-corrected chi connectivity index (χ3v) is 2.52. The molecule has 2 aromatic heterocycles. The number of anilines is 2. The first-order valence-electron chi connectivity index (χ1n) is 4.17. The lowest BCUT2D eigenvalue weighted by atomic mass is 10.3. The average Bonchev–Trinajstić information content (AvgIpc) is 2.77. The number of hydrogen-bond donors (Lipinski definition) is 2. The normalized spacial score (nSPS) is 10.2. The molecule has 0 spiro atoms. The summed E-state index contributed by atoms with van der Waals surface area (Å²) in [5, 5.41) is 8.84. The summed E-state index contributed by atoms with van der Waals surface area (Å²) in [6, 6.07) is 0. The van der Waals surface area contributed by atoms with E-state index in [-0.39, 0.29) is 5.91 Å². The highest BCUT2D eigenvalue weighted by molar-refractivity contribution is 7.13. The van der Waals surface area contributed by atoms with Crippen LogP contribution in [0.3, 0.4) is 0 Å². The molecule has 78 valence electrons. The fourth-order valence-electron chi connectivity index (χ4n) is 1.17. The van der Waals surface area contributed by atoms with Gasteiger partial charge in [-0.3, -0.25) is 14.8 Å². The third kappa shape index (κ3) is 1.82. The Kier molecular flexibility index (Phi) is 2.38. The molecule has 0 saturated carbocycles. The predicted molar refractivity (Wildman–Crippen MR) is 57.7 cm³/mol. The number of amides is 1. The first kappa shape index (κ1) is 9.66. The summed E-state index contributed by atoms with van der Waals surface area (Å²) in [6.07, 6.45) is 3.06. The van der Waals surface area contributed by atoms with Crippen molar-refractivity contribution >= 4 is 28.1 Å². The van der Waals surface area contributed by atoms with E-state index < -0.39 is 0 Å². The van der Waals surface area contributed by atoms with Crippen LogP contribution in [-0.2, 0) is 7.05 Å². The van der Waals surface area contributed by atoms with Crippen molar-refractivity contribution in [3.63, 3.8) is 0 Å². The minimum atomic E-state index is -0.303. The van der Waals surface area contributed by atoms with Gasteiger partial charge in [-0.15, -0.1) is 11.3 Å². The van der Waals surface area contributed by atoms with E-state index >= 15 is 0 Å². The Balaban J connectivity index is 2.22. The molecule has 2 heterocycles. The van der Waals surface area contributed by atoms with Crippen LogP contribution in [0.5, 0.6) is 0 Å². The SMILES string of the molecule is Cn1ncc(N)c1C(=O)Nc1nccs1. The number of thiazole rings is 1. The number of nitrogens with two attached hydrogens (primary N) is 1. The molecule has 0 aliphatic carbocycles. The molecule has 0 bridgehead atoms. The lowest BCUT2D eigenvalue weighted by Crippen LogP contribution is -2.17. The Morgan fingerprint density at radius 3 is 3.00 bits per heavy atom. The quantitative estimate of drug-likeness (QED) is 0.785. The number of carbonyl (C=O) groups excluding carboxylic acids is 1. The maximum absolute atomic E-state index is 11.7. The first-order chi connectivity index (χ1) is 7.18. The van der Waals surface area contributed by atoms with Crippen LogP contribution < -0.4 is 11.1 Å². The summed E-state index contributed by atoms with van der Waals surface area (Å²) >= 11 is 1.35.